The predicted octanol–water partition coefficient (Wildman–Crippen LogP) is 3.75. The van der Waals surface area contributed by atoms with E-state index >= 15 is 0 Å². The monoisotopic (exact) mass is 389 g/mol. The van der Waals surface area contributed by atoms with E-state index < -0.39 is 0 Å². The van der Waals surface area contributed by atoms with Gasteiger partial charge in [0, 0.05) is 31.7 Å². The first-order valence-electron chi connectivity index (χ1n) is 8.84. The Bertz CT molecular complexity index is 786. The lowest BCUT2D eigenvalue weighted by atomic mass is 10.2. The fourth-order valence-corrected chi connectivity index (χ4v) is 3.48. The van der Waals surface area contributed by atoms with Crippen LogP contribution in [0.2, 0.25) is 5.02 Å². The van der Waals surface area contributed by atoms with Gasteiger partial charge in [-0.05, 0) is 18.1 Å². The van der Waals surface area contributed by atoms with Gasteiger partial charge < -0.3 is 20.1 Å². The van der Waals surface area contributed by atoms with E-state index in [4.69, 9.17) is 21.1 Å². The molecule has 0 aromatic heterocycles. The van der Waals surface area contributed by atoms with Crippen molar-refractivity contribution in [2.24, 2.45) is 0 Å². The molecule has 1 aliphatic heterocycles. The summed E-state index contributed by atoms with van der Waals surface area (Å²) in [6.07, 6.45) is 0.917. The maximum absolute atomic E-state index is 12.4. The molecule has 3 rings (SSSR count). The van der Waals surface area contributed by atoms with Gasteiger partial charge in [0.25, 0.3) is 0 Å². The molecule has 2 aromatic rings. The lowest BCUT2D eigenvalue weighted by Crippen LogP contribution is -2.39. The van der Waals surface area contributed by atoms with Crippen molar-refractivity contribution in [2.45, 2.75) is 19.0 Å². The Kier molecular flexibility index (Phi) is 6.42. The third-order valence-corrected chi connectivity index (χ3v) is 4.87. The van der Waals surface area contributed by atoms with E-state index in [-0.39, 0.29) is 12.1 Å². The molecule has 2 amide bonds. The number of amides is 2. The summed E-state index contributed by atoms with van der Waals surface area (Å²) in [6.45, 7) is 2.67. The van der Waals surface area contributed by atoms with Crippen LogP contribution in [-0.4, -0.2) is 44.3 Å². The average Bonchev–Trinajstić information content (AvgIpc) is 3.09. The number of carbonyl (C=O) groups is 1. The number of ether oxygens (including phenoxy) is 2. The van der Waals surface area contributed by atoms with Gasteiger partial charge in [0.2, 0.25) is 0 Å². The Morgan fingerprint density at radius 2 is 1.93 bits per heavy atom. The lowest BCUT2D eigenvalue weighted by molar-refractivity contribution is 0.247. The van der Waals surface area contributed by atoms with Gasteiger partial charge in [0.15, 0.2) is 0 Å². The van der Waals surface area contributed by atoms with Crippen molar-refractivity contribution >= 4 is 23.3 Å². The molecule has 1 atom stereocenters. The van der Waals surface area contributed by atoms with E-state index in [1.807, 2.05) is 18.2 Å². The number of methoxy groups -OCH3 is 2. The number of hydrogen-bond acceptors (Lipinski definition) is 4. The quantitative estimate of drug-likeness (QED) is 0.789. The van der Waals surface area contributed by atoms with Gasteiger partial charge in [-0.3, -0.25) is 4.90 Å². The molecule has 1 fully saturated rings. The SMILES string of the molecule is COc1cc(OC)c(NC(=O)NC2CCN(Cc3ccccc3)C2)cc1Cl. The van der Waals surface area contributed by atoms with E-state index in [0.29, 0.717) is 22.2 Å². The summed E-state index contributed by atoms with van der Waals surface area (Å²) in [7, 11) is 3.06. The number of rotatable bonds is 6. The Labute approximate surface area is 164 Å². The Morgan fingerprint density at radius 1 is 1.19 bits per heavy atom. The summed E-state index contributed by atoms with van der Waals surface area (Å²) in [5.41, 5.74) is 1.78. The minimum Gasteiger partial charge on any atom is -0.495 e. The second-order valence-electron chi connectivity index (χ2n) is 6.49. The molecule has 27 heavy (non-hydrogen) atoms. The summed E-state index contributed by atoms with van der Waals surface area (Å²) in [5.74, 6) is 0.982. The topological polar surface area (TPSA) is 62.8 Å². The zero-order valence-corrected chi connectivity index (χ0v) is 16.3. The Morgan fingerprint density at radius 3 is 2.63 bits per heavy atom. The minimum absolute atomic E-state index is 0.105. The number of nitrogens with one attached hydrogen (secondary N) is 2. The largest absolute Gasteiger partial charge is 0.495 e. The van der Waals surface area contributed by atoms with E-state index in [9.17, 15) is 4.79 Å². The fourth-order valence-electron chi connectivity index (χ4n) is 3.24. The van der Waals surface area contributed by atoms with E-state index in [0.717, 1.165) is 26.1 Å². The molecule has 1 heterocycles. The van der Waals surface area contributed by atoms with E-state index in [2.05, 4.69) is 27.7 Å². The zero-order chi connectivity index (χ0) is 19.2. The molecule has 0 aliphatic carbocycles. The number of benzene rings is 2. The molecule has 0 saturated carbocycles. The molecular weight excluding hydrogens is 366 g/mol. The maximum atomic E-state index is 12.4. The smallest absolute Gasteiger partial charge is 0.319 e. The van der Waals surface area contributed by atoms with Crippen molar-refractivity contribution in [2.75, 3.05) is 32.6 Å². The third kappa shape index (κ3) is 5.05. The summed E-state index contributed by atoms with van der Waals surface area (Å²) >= 11 is 6.15. The summed E-state index contributed by atoms with van der Waals surface area (Å²) in [4.78, 5) is 14.7. The van der Waals surface area contributed by atoms with Gasteiger partial charge in [-0.1, -0.05) is 41.9 Å². The van der Waals surface area contributed by atoms with Crippen LogP contribution in [-0.2, 0) is 6.54 Å². The van der Waals surface area contributed by atoms with Gasteiger partial charge in [-0.25, -0.2) is 4.79 Å². The summed E-state index contributed by atoms with van der Waals surface area (Å²) in [5, 5.41) is 6.24. The molecule has 7 heteroatoms. The van der Waals surface area contributed by atoms with Crippen LogP contribution < -0.4 is 20.1 Å². The van der Waals surface area contributed by atoms with Gasteiger partial charge >= 0.3 is 6.03 Å². The molecule has 1 unspecified atom stereocenters. The van der Waals surface area contributed by atoms with Gasteiger partial charge in [-0.15, -0.1) is 0 Å². The second-order valence-corrected chi connectivity index (χ2v) is 6.90. The highest BCUT2D eigenvalue weighted by Crippen LogP contribution is 2.35. The van der Waals surface area contributed by atoms with Gasteiger partial charge in [0.1, 0.15) is 11.5 Å². The van der Waals surface area contributed by atoms with Crippen LogP contribution in [0.25, 0.3) is 0 Å². The third-order valence-electron chi connectivity index (χ3n) is 4.58. The molecule has 2 N–H and O–H groups in total. The minimum atomic E-state index is -0.277. The van der Waals surface area contributed by atoms with Crippen LogP contribution in [0.3, 0.4) is 0 Å². The molecule has 1 aliphatic rings. The first-order chi connectivity index (χ1) is 13.1. The number of halogens is 1. The molecular formula is C20H24ClN3O3. The van der Waals surface area contributed by atoms with Crippen LogP contribution >= 0.6 is 11.6 Å². The van der Waals surface area contributed by atoms with Crippen LogP contribution in [0, 0.1) is 0 Å². The molecule has 0 spiro atoms. The molecule has 144 valence electrons. The lowest BCUT2D eigenvalue weighted by Gasteiger charge is -2.18. The van der Waals surface area contributed by atoms with Crippen molar-refractivity contribution in [3.63, 3.8) is 0 Å². The van der Waals surface area contributed by atoms with Gasteiger partial charge in [0.05, 0.1) is 24.9 Å². The first kappa shape index (κ1) is 19.3. The van der Waals surface area contributed by atoms with Crippen molar-refractivity contribution in [1.29, 1.82) is 0 Å². The number of carbonyl (C=O) groups excluding carboxylic acids is 1. The Balaban J connectivity index is 1.55. The Hall–Kier alpha value is -2.44. The highest BCUT2D eigenvalue weighted by atomic mass is 35.5. The highest BCUT2D eigenvalue weighted by Gasteiger charge is 2.24. The highest BCUT2D eigenvalue weighted by molar-refractivity contribution is 6.32. The normalized spacial score (nSPS) is 16.8. The molecule has 0 radical (unpaired) electrons. The predicted molar refractivity (Wildman–Crippen MR) is 107 cm³/mol. The van der Waals surface area contributed by atoms with Crippen LogP contribution in [0.1, 0.15) is 12.0 Å². The van der Waals surface area contributed by atoms with Crippen molar-refractivity contribution < 1.29 is 14.3 Å². The van der Waals surface area contributed by atoms with Crippen molar-refractivity contribution in [3.05, 3.63) is 53.1 Å². The summed E-state index contributed by atoms with van der Waals surface area (Å²) in [6, 6.07) is 13.4. The van der Waals surface area contributed by atoms with Crippen LogP contribution in [0.4, 0.5) is 10.5 Å². The second kappa shape index (κ2) is 8.97. The molecule has 6 nitrogen and oxygen atoms in total. The molecule has 1 saturated heterocycles. The van der Waals surface area contributed by atoms with Gasteiger partial charge in [-0.2, -0.15) is 0 Å². The van der Waals surface area contributed by atoms with Crippen molar-refractivity contribution in [1.82, 2.24) is 10.2 Å². The first-order valence-corrected chi connectivity index (χ1v) is 9.22. The van der Waals surface area contributed by atoms with E-state index in [1.165, 1.54) is 19.8 Å². The maximum Gasteiger partial charge on any atom is 0.319 e. The van der Waals surface area contributed by atoms with Crippen molar-refractivity contribution in [3.8, 4) is 11.5 Å². The number of hydrogen-bond donors (Lipinski definition) is 2. The van der Waals surface area contributed by atoms with Crippen LogP contribution in [0.5, 0.6) is 11.5 Å². The number of nitrogens with zero attached hydrogens (tertiary/aromatic N) is 1. The fraction of sp³-hybridized carbons (Fsp3) is 0.350. The number of urea groups is 1. The zero-order valence-electron chi connectivity index (χ0n) is 15.5. The number of anilines is 1. The molecule has 0 bridgehead atoms. The average molecular weight is 390 g/mol. The number of likely N-dealkylation sites (tertiary alicyclic amines) is 1. The molecule has 2 aromatic carbocycles. The van der Waals surface area contributed by atoms with Crippen LogP contribution in [0.15, 0.2) is 42.5 Å². The van der Waals surface area contributed by atoms with E-state index in [1.54, 1.807) is 12.1 Å². The summed E-state index contributed by atoms with van der Waals surface area (Å²) < 4.78 is 10.5. The standard InChI is InChI=1S/C20H24ClN3O3/c1-26-18-11-19(27-2)17(10-16(18)21)23-20(25)22-15-8-9-24(13-15)12-14-6-4-3-5-7-14/h3-7,10-11,15H,8-9,12-13H2,1-2H3,(H2,22,23,25).